The number of carbonyl (C=O) groups excluding carboxylic acids is 1. The molecule has 5 nitrogen and oxygen atoms in total. The lowest BCUT2D eigenvalue weighted by Crippen LogP contribution is -2.50. The van der Waals surface area contributed by atoms with E-state index in [0.717, 1.165) is 16.1 Å². The Morgan fingerprint density at radius 1 is 1.10 bits per heavy atom. The predicted octanol–water partition coefficient (Wildman–Crippen LogP) is 4.55. The van der Waals surface area contributed by atoms with Crippen LogP contribution in [-0.4, -0.2) is 26.6 Å². The van der Waals surface area contributed by atoms with Crippen LogP contribution in [0.15, 0.2) is 48.5 Å². The van der Waals surface area contributed by atoms with Crippen LogP contribution in [0.1, 0.15) is 58.2 Å². The summed E-state index contributed by atoms with van der Waals surface area (Å²) in [7, 11) is -3.89. The van der Waals surface area contributed by atoms with Crippen molar-refractivity contribution in [2.24, 2.45) is 0 Å². The molecule has 0 spiro atoms. The second-order valence-corrected chi connectivity index (χ2v) is 10.4. The van der Waals surface area contributed by atoms with Crippen molar-refractivity contribution in [2.45, 2.75) is 58.5 Å². The highest BCUT2D eigenvalue weighted by molar-refractivity contribution is 7.92. The van der Waals surface area contributed by atoms with E-state index in [4.69, 9.17) is 0 Å². The lowest BCUT2D eigenvalue weighted by atomic mass is 9.86. The van der Waals surface area contributed by atoms with Crippen LogP contribution in [-0.2, 0) is 20.2 Å². The Bertz CT molecular complexity index is 982. The molecule has 0 radical (unpaired) electrons. The van der Waals surface area contributed by atoms with Crippen LogP contribution in [0.25, 0.3) is 0 Å². The van der Waals surface area contributed by atoms with Gasteiger partial charge >= 0.3 is 0 Å². The maximum Gasteiger partial charge on any atom is 0.244 e. The molecule has 0 bridgehead atoms. The third kappa shape index (κ3) is 5.59. The van der Waals surface area contributed by atoms with Gasteiger partial charge in [-0.2, -0.15) is 0 Å². The van der Waals surface area contributed by atoms with Crippen LogP contribution in [0.5, 0.6) is 0 Å². The smallest absolute Gasteiger partial charge is 0.244 e. The van der Waals surface area contributed by atoms with Crippen molar-refractivity contribution in [3.8, 4) is 0 Å². The molecule has 164 valence electrons. The van der Waals surface area contributed by atoms with Gasteiger partial charge in [-0.05, 0) is 42.0 Å². The van der Waals surface area contributed by atoms with Crippen molar-refractivity contribution in [1.29, 1.82) is 0 Å². The summed E-state index contributed by atoms with van der Waals surface area (Å²) < 4.78 is 40.1. The number of hydrogen-bond acceptors (Lipinski definition) is 3. The molecule has 0 heterocycles. The molecule has 30 heavy (non-hydrogen) atoms. The Kier molecular flexibility index (Phi) is 7.29. The number of rotatable bonds is 7. The van der Waals surface area contributed by atoms with Crippen LogP contribution in [0.4, 0.5) is 10.1 Å². The van der Waals surface area contributed by atoms with E-state index in [9.17, 15) is 17.6 Å². The molecular formula is C23H31FN2O3S. The van der Waals surface area contributed by atoms with E-state index >= 15 is 0 Å². The Hall–Kier alpha value is -2.41. The number of sulfonamides is 1. The number of nitrogens with zero attached hydrogens (tertiary/aromatic N) is 1. The maximum absolute atomic E-state index is 14.4. The van der Waals surface area contributed by atoms with Gasteiger partial charge in [0.1, 0.15) is 11.9 Å². The number of nitrogens with one attached hydrogen (secondary N) is 1. The highest BCUT2D eigenvalue weighted by Crippen LogP contribution is 2.27. The molecule has 1 amide bonds. The normalized spacial score (nSPS) is 14.1. The van der Waals surface area contributed by atoms with Gasteiger partial charge in [0, 0.05) is 0 Å². The molecule has 0 aliphatic carbocycles. The highest BCUT2D eigenvalue weighted by Gasteiger charge is 2.33. The SMILES string of the molecule is CC[C@@H](C(=O)N[C@H](C)c1ccc(C(C)(C)C)cc1)N(c1ccccc1F)S(C)(=O)=O. The minimum absolute atomic E-state index is 0.0219. The molecule has 0 aromatic heterocycles. The summed E-state index contributed by atoms with van der Waals surface area (Å²) in [5.74, 6) is -1.17. The maximum atomic E-state index is 14.4. The fourth-order valence-corrected chi connectivity index (χ4v) is 4.54. The molecule has 0 aliphatic rings. The van der Waals surface area contributed by atoms with Gasteiger partial charge in [-0.15, -0.1) is 0 Å². The van der Waals surface area contributed by atoms with Crippen LogP contribution < -0.4 is 9.62 Å². The van der Waals surface area contributed by atoms with E-state index in [1.54, 1.807) is 13.0 Å². The summed E-state index contributed by atoms with van der Waals surface area (Å²) in [5.41, 5.74) is 1.97. The zero-order valence-electron chi connectivity index (χ0n) is 18.4. The second kappa shape index (κ2) is 9.16. The molecule has 0 saturated carbocycles. The third-order valence-corrected chi connectivity index (χ3v) is 6.22. The van der Waals surface area contributed by atoms with E-state index in [1.165, 1.54) is 23.8 Å². The van der Waals surface area contributed by atoms with E-state index in [0.29, 0.717) is 0 Å². The third-order valence-electron chi connectivity index (χ3n) is 5.06. The Morgan fingerprint density at radius 2 is 1.67 bits per heavy atom. The number of hydrogen-bond donors (Lipinski definition) is 1. The lowest BCUT2D eigenvalue weighted by molar-refractivity contribution is -0.122. The number of benzene rings is 2. The summed E-state index contributed by atoms with van der Waals surface area (Å²) in [6.45, 7) is 9.92. The van der Waals surface area contributed by atoms with E-state index in [1.807, 2.05) is 31.2 Å². The fraction of sp³-hybridized carbons (Fsp3) is 0.435. The quantitative estimate of drug-likeness (QED) is 0.695. The minimum atomic E-state index is -3.89. The van der Waals surface area contributed by atoms with Crippen molar-refractivity contribution in [3.63, 3.8) is 0 Å². The van der Waals surface area contributed by atoms with Gasteiger partial charge in [0.05, 0.1) is 18.0 Å². The second-order valence-electron chi connectivity index (χ2n) is 8.54. The summed E-state index contributed by atoms with van der Waals surface area (Å²) in [6.07, 6.45) is 1.17. The van der Waals surface area contributed by atoms with Crippen LogP contribution in [0, 0.1) is 5.82 Å². The molecular weight excluding hydrogens is 403 g/mol. The number of halogens is 1. The number of anilines is 1. The number of amides is 1. The van der Waals surface area contributed by atoms with Crippen LogP contribution in [0.3, 0.4) is 0 Å². The van der Waals surface area contributed by atoms with Crippen molar-refractivity contribution in [1.82, 2.24) is 5.32 Å². The first-order chi connectivity index (χ1) is 13.9. The van der Waals surface area contributed by atoms with E-state index < -0.39 is 27.8 Å². The molecule has 2 rings (SSSR count). The molecule has 0 unspecified atom stereocenters. The zero-order chi connectivity index (χ0) is 22.7. The van der Waals surface area contributed by atoms with Crippen molar-refractivity contribution in [3.05, 3.63) is 65.5 Å². The predicted molar refractivity (Wildman–Crippen MR) is 120 cm³/mol. The average molecular weight is 435 g/mol. The fourth-order valence-electron chi connectivity index (χ4n) is 3.33. The van der Waals surface area contributed by atoms with E-state index in [-0.39, 0.29) is 23.6 Å². The summed E-state index contributed by atoms with van der Waals surface area (Å²) >= 11 is 0. The molecule has 7 heteroatoms. The molecule has 2 aromatic rings. The van der Waals surface area contributed by atoms with Gasteiger partial charge in [-0.25, -0.2) is 12.8 Å². The molecule has 2 aromatic carbocycles. The first-order valence-corrected chi connectivity index (χ1v) is 11.9. The van der Waals surface area contributed by atoms with Gasteiger partial charge < -0.3 is 5.32 Å². The van der Waals surface area contributed by atoms with Crippen molar-refractivity contribution >= 4 is 21.6 Å². The Balaban J connectivity index is 2.29. The van der Waals surface area contributed by atoms with Gasteiger partial charge in [0.2, 0.25) is 15.9 Å². The Labute approximate surface area is 179 Å². The van der Waals surface area contributed by atoms with Crippen molar-refractivity contribution < 1.29 is 17.6 Å². The van der Waals surface area contributed by atoms with E-state index in [2.05, 4.69) is 26.1 Å². The summed E-state index contributed by atoms with van der Waals surface area (Å²) in [6, 6.07) is 12.1. The summed E-state index contributed by atoms with van der Waals surface area (Å²) in [4.78, 5) is 13.0. The minimum Gasteiger partial charge on any atom is -0.348 e. The zero-order valence-corrected chi connectivity index (χ0v) is 19.3. The molecule has 0 fully saturated rings. The number of para-hydroxylation sites is 1. The molecule has 2 atom stereocenters. The van der Waals surface area contributed by atoms with Crippen LogP contribution in [0.2, 0.25) is 0 Å². The van der Waals surface area contributed by atoms with Gasteiger partial charge in [0.15, 0.2) is 0 Å². The summed E-state index contributed by atoms with van der Waals surface area (Å²) in [5, 5.41) is 2.88. The standard InChI is InChI=1S/C23H31FN2O3S/c1-7-20(26(30(6,28)29)21-11-9-8-10-19(21)24)22(27)25-16(2)17-12-14-18(15-13-17)23(3,4)5/h8-16,20H,7H2,1-6H3,(H,25,27)/t16-,20+/m1/s1. The van der Waals surface area contributed by atoms with Crippen LogP contribution >= 0.6 is 0 Å². The first-order valence-electron chi connectivity index (χ1n) is 10.0. The monoisotopic (exact) mass is 434 g/mol. The molecule has 1 N–H and O–H groups in total. The Morgan fingerprint density at radius 3 is 2.13 bits per heavy atom. The molecule has 0 aliphatic heterocycles. The van der Waals surface area contributed by atoms with Gasteiger partial charge in [-0.3, -0.25) is 9.10 Å². The molecule has 0 saturated heterocycles. The van der Waals surface area contributed by atoms with Gasteiger partial charge in [-0.1, -0.05) is 64.1 Å². The largest absolute Gasteiger partial charge is 0.348 e. The lowest BCUT2D eigenvalue weighted by Gasteiger charge is -2.31. The van der Waals surface area contributed by atoms with Crippen molar-refractivity contribution in [2.75, 3.05) is 10.6 Å². The number of carbonyl (C=O) groups is 1. The topological polar surface area (TPSA) is 66.5 Å². The first kappa shape index (κ1) is 23.9. The average Bonchev–Trinajstić information content (AvgIpc) is 2.65. The highest BCUT2D eigenvalue weighted by atomic mass is 32.2. The van der Waals surface area contributed by atoms with Gasteiger partial charge in [0.25, 0.3) is 0 Å².